The topological polar surface area (TPSA) is 67.3 Å². The van der Waals surface area contributed by atoms with Gasteiger partial charge in [0.2, 0.25) is 0 Å². The lowest BCUT2D eigenvalue weighted by Crippen LogP contribution is -2.43. The molecule has 0 bridgehead atoms. The molecule has 1 aliphatic carbocycles. The molecule has 0 radical (unpaired) electrons. The van der Waals surface area contributed by atoms with Crippen molar-refractivity contribution in [2.45, 2.75) is 32.1 Å². The van der Waals surface area contributed by atoms with E-state index in [0.29, 0.717) is 18.0 Å². The minimum absolute atomic E-state index is 0.170. The summed E-state index contributed by atoms with van der Waals surface area (Å²) in [5.74, 6) is -1.20. The van der Waals surface area contributed by atoms with E-state index in [1.54, 1.807) is 12.1 Å². The summed E-state index contributed by atoms with van der Waals surface area (Å²) in [6.45, 7) is 0. The van der Waals surface area contributed by atoms with Crippen molar-refractivity contribution in [3.63, 3.8) is 0 Å². The summed E-state index contributed by atoms with van der Waals surface area (Å²) in [6.07, 6.45) is 4.06. The highest BCUT2D eigenvalue weighted by atomic mass is 35.5. The maximum Gasteiger partial charge on any atom is 0.317 e. The molecule has 0 aliphatic heterocycles. The molecular weight excluding hydrogens is 254 g/mol. The van der Waals surface area contributed by atoms with Gasteiger partial charge in [-0.2, -0.15) is 0 Å². The number of pyridine rings is 1. The van der Waals surface area contributed by atoms with Crippen LogP contribution in [0.15, 0.2) is 18.3 Å². The van der Waals surface area contributed by atoms with Crippen LogP contribution in [0.1, 0.15) is 31.2 Å². The maximum atomic E-state index is 12.0. The number of halogens is 1. The first-order valence-corrected chi connectivity index (χ1v) is 6.29. The highest BCUT2D eigenvalue weighted by molar-refractivity contribution is 6.29. The zero-order chi connectivity index (χ0) is 13.2. The van der Waals surface area contributed by atoms with Crippen LogP contribution in [0.4, 0.5) is 0 Å². The number of rotatable bonds is 3. The molecule has 1 unspecified atom stereocenters. The van der Waals surface area contributed by atoms with Crippen molar-refractivity contribution >= 4 is 23.4 Å². The molecule has 0 aromatic carbocycles. The number of aromatic nitrogens is 1. The van der Waals surface area contributed by atoms with E-state index in [0.717, 1.165) is 18.4 Å². The van der Waals surface area contributed by atoms with Crippen molar-refractivity contribution in [1.82, 2.24) is 4.98 Å². The van der Waals surface area contributed by atoms with Crippen LogP contribution in [0, 0.1) is 5.41 Å². The van der Waals surface area contributed by atoms with Crippen LogP contribution in [-0.4, -0.2) is 21.8 Å². The summed E-state index contributed by atoms with van der Waals surface area (Å²) in [5, 5.41) is 9.77. The molecule has 1 heterocycles. The monoisotopic (exact) mass is 267 g/mol. The van der Waals surface area contributed by atoms with E-state index < -0.39 is 11.4 Å². The summed E-state index contributed by atoms with van der Waals surface area (Å²) in [6, 6.07) is 3.33. The summed E-state index contributed by atoms with van der Waals surface area (Å²) in [5.41, 5.74) is -0.537. The molecule has 1 atom stereocenters. The maximum absolute atomic E-state index is 12.0. The molecular formula is C13H14ClNO3. The van der Waals surface area contributed by atoms with Gasteiger partial charge >= 0.3 is 5.97 Å². The summed E-state index contributed by atoms with van der Waals surface area (Å²) in [7, 11) is 0. The minimum Gasteiger partial charge on any atom is -0.480 e. The first kappa shape index (κ1) is 13.0. The van der Waals surface area contributed by atoms with Crippen LogP contribution in [0.3, 0.4) is 0 Å². The number of carbonyl (C=O) groups is 2. The van der Waals surface area contributed by atoms with Gasteiger partial charge in [0.1, 0.15) is 10.6 Å². The van der Waals surface area contributed by atoms with E-state index in [-0.39, 0.29) is 12.2 Å². The second-order valence-corrected chi connectivity index (χ2v) is 5.07. The number of aliphatic carboxylic acids is 1. The summed E-state index contributed by atoms with van der Waals surface area (Å²) in [4.78, 5) is 27.4. The third-order valence-electron chi connectivity index (χ3n) is 3.50. The third kappa shape index (κ3) is 2.38. The molecule has 2 rings (SSSR count). The molecule has 5 heteroatoms. The number of carboxylic acids is 1. The molecule has 96 valence electrons. The highest BCUT2D eigenvalue weighted by Gasteiger charge is 2.46. The van der Waals surface area contributed by atoms with Gasteiger partial charge in [0, 0.05) is 12.6 Å². The van der Waals surface area contributed by atoms with Gasteiger partial charge in [-0.05, 0) is 30.9 Å². The lowest BCUT2D eigenvalue weighted by atomic mass is 9.69. The fraction of sp³-hybridized carbons (Fsp3) is 0.462. The van der Waals surface area contributed by atoms with Gasteiger partial charge < -0.3 is 5.11 Å². The molecule has 1 aliphatic rings. The predicted octanol–water partition coefficient (Wildman–Crippen LogP) is 2.49. The molecule has 1 saturated carbocycles. The Morgan fingerprint density at radius 3 is 2.78 bits per heavy atom. The zero-order valence-corrected chi connectivity index (χ0v) is 10.6. The normalized spacial score (nSPS) is 23.9. The van der Waals surface area contributed by atoms with Crippen molar-refractivity contribution in [3.8, 4) is 0 Å². The van der Waals surface area contributed by atoms with Crippen molar-refractivity contribution in [2.75, 3.05) is 0 Å². The number of hydrogen-bond donors (Lipinski definition) is 1. The SMILES string of the molecule is O=C(O)C1(Cc2ccc(Cl)nc2)CCCCC1=O. The molecule has 4 nitrogen and oxygen atoms in total. The first-order chi connectivity index (χ1) is 8.54. The number of carbonyl (C=O) groups excluding carboxylic acids is 1. The predicted molar refractivity (Wildman–Crippen MR) is 66.5 cm³/mol. The molecule has 18 heavy (non-hydrogen) atoms. The number of Topliss-reactive ketones (excluding diaryl/α,β-unsaturated/α-hetero) is 1. The van der Waals surface area contributed by atoms with Crippen LogP contribution < -0.4 is 0 Å². The van der Waals surface area contributed by atoms with Crippen LogP contribution in [0.2, 0.25) is 5.15 Å². The quantitative estimate of drug-likeness (QED) is 0.675. The molecule has 0 amide bonds. The lowest BCUT2D eigenvalue weighted by Gasteiger charge is -2.31. The zero-order valence-electron chi connectivity index (χ0n) is 9.86. The van der Waals surface area contributed by atoms with Crippen LogP contribution in [0.25, 0.3) is 0 Å². The van der Waals surface area contributed by atoms with Gasteiger partial charge in [-0.25, -0.2) is 4.98 Å². The lowest BCUT2D eigenvalue weighted by molar-refractivity contribution is -0.157. The van der Waals surface area contributed by atoms with Gasteiger partial charge in [0.05, 0.1) is 0 Å². The number of ketones is 1. The molecule has 1 fully saturated rings. The molecule has 0 saturated heterocycles. The van der Waals surface area contributed by atoms with Crippen LogP contribution in [-0.2, 0) is 16.0 Å². The van der Waals surface area contributed by atoms with Crippen molar-refractivity contribution in [2.24, 2.45) is 5.41 Å². The fourth-order valence-electron chi connectivity index (χ4n) is 2.44. The smallest absolute Gasteiger partial charge is 0.317 e. The molecule has 1 aromatic rings. The third-order valence-corrected chi connectivity index (χ3v) is 3.72. The summed E-state index contributed by atoms with van der Waals surface area (Å²) < 4.78 is 0. The molecule has 1 N–H and O–H groups in total. The Kier molecular flexibility index (Phi) is 3.66. The Labute approximate surface area is 110 Å². The van der Waals surface area contributed by atoms with Crippen LogP contribution >= 0.6 is 11.6 Å². The van der Waals surface area contributed by atoms with Gasteiger partial charge in [0.25, 0.3) is 0 Å². The second kappa shape index (κ2) is 5.06. The van der Waals surface area contributed by atoms with Crippen LogP contribution in [0.5, 0.6) is 0 Å². The second-order valence-electron chi connectivity index (χ2n) is 4.68. The van der Waals surface area contributed by atoms with E-state index in [4.69, 9.17) is 11.6 Å². The van der Waals surface area contributed by atoms with Gasteiger partial charge in [0.15, 0.2) is 5.78 Å². The number of hydrogen-bond acceptors (Lipinski definition) is 3. The van der Waals surface area contributed by atoms with E-state index in [1.165, 1.54) is 6.20 Å². The Morgan fingerprint density at radius 1 is 1.44 bits per heavy atom. The molecule has 1 aromatic heterocycles. The first-order valence-electron chi connectivity index (χ1n) is 5.92. The van der Waals surface area contributed by atoms with E-state index in [2.05, 4.69) is 4.98 Å². The average molecular weight is 268 g/mol. The Bertz CT molecular complexity index is 472. The van der Waals surface area contributed by atoms with Crippen molar-refractivity contribution in [1.29, 1.82) is 0 Å². The van der Waals surface area contributed by atoms with Gasteiger partial charge in [-0.1, -0.05) is 24.1 Å². The number of nitrogens with zero attached hydrogens (tertiary/aromatic N) is 1. The molecule has 0 spiro atoms. The fourth-order valence-corrected chi connectivity index (χ4v) is 2.55. The van der Waals surface area contributed by atoms with Crippen molar-refractivity contribution < 1.29 is 14.7 Å². The van der Waals surface area contributed by atoms with Gasteiger partial charge in [-0.3, -0.25) is 9.59 Å². The van der Waals surface area contributed by atoms with E-state index in [9.17, 15) is 14.7 Å². The van der Waals surface area contributed by atoms with Crippen molar-refractivity contribution in [3.05, 3.63) is 29.0 Å². The highest BCUT2D eigenvalue weighted by Crippen LogP contribution is 2.36. The van der Waals surface area contributed by atoms with E-state index >= 15 is 0 Å². The largest absolute Gasteiger partial charge is 0.480 e. The standard InChI is InChI=1S/C13H14ClNO3/c14-11-5-4-9(8-15-11)7-13(12(17)18)6-2-1-3-10(13)16/h4-5,8H,1-3,6-7H2,(H,17,18). The summed E-state index contributed by atoms with van der Waals surface area (Å²) >= 11 is 5.69. The van der Waals surface area contributed by atoms with Gasteiger partial charge in [-0.15, -0.1) is 0 Å². The minimum atomic E-state index is -1.27. The Hall–Kier alpha value is -1.42. The Morgan fingerprint density at radius 2 is 2.22 bits per heavy atom. The van der Waals surface area contributed by atoms with E-state index in [1.807, 2.05) is 0 Å². The Balaban J connectivity index is 2.28. The number of carboxylic acid groups (broad SMARTS) is 1. The average Bonchev–Trinajstić information content (AvgIpc) is 2.35.